The van der Waals surface area contributed by atoms with E-state index in [2.05, 4.69) is 14.2 Å². The lowest BCUT2D eigenvalue weighted by Gasteiger charge is -1.86. The van der Waals surface area contributed by atoms with Crippen molar-refractivity contribution in [3.05, 3.63) is 0 Å². The summed E-state index contributed by atoms with van der Waals surface area (Å²) in [4.78, 5) is 27.5. The maximum atomic E-state index is 9.34. The van der Waals surface area contributed by atoms with Gasteiger partial charge in [0.15, 0.2) is 0 Å². The third-order valence-corrected chi connectivity index (χ3v) is 0.721. The van der Waals surface area contributed by atoms with Crippen LogP contribution in [0.2, 0.25) is 0 Å². The molecule has 0 saturated carbocycles. The molecular weight excluding hydrogens is 204 g/mol. The van der Waals surface area contributed by atoms with Gasteiger partial charge in [-0.05, 0) is 13.3 Å². The zero-order valence-corrected chi connectivity index (χ0v) is 9.30. The Morgan fingerprint density at radius 2 is 1.40 bits per heavy atom. The van der Waals surface area contributed by atoms with Gasteiger partial charge < -0.3 is 14.2 Å². The first kappa shape index (κ1) is 19.1. The molecule has 0 bridgehead atoms. The van der Waals surface area contributed by atoms with Crippen molar-refractivity contribution in [2.45, 2.75) is 20.3 Å². The van der Waals surface area contributed by atoms with Crippen molar-refractivity contribution in [3.8, 4) is 0 Å². The molecule has 6 nitrogen and oxygen atoms in total. The second kappa shape index (κ2) is 29.4. The predicted molar refractivity (Wildman–Crippen MR) is 53.1 cm³/mol. The molecule has 0 aromatic rings. The topological polar surface area (TPSA) is 78.9 Å². The number of hydrogen-bond donors (Lipinski definition) is 0. The van der Waals surface area contributed by atoms with Gasteiger partial charge in [-0.2, -0.15) is 0 Å². The first-order chi connectivity index (χ1) is 7.24. The molecule has 0 rings (SSSR count). The van der Waals surface area contributed by atoms with Crippen molar-refractivity contribution < 1.29 is 28.6 Å². The van der Waals surface area contributed by atoms with Gasteiger partial charge in [-0.25, -0.2) is 0 Å². The summed E-state index contributed by atoms with van der Waals surface area (Å²) in [6, 6.07) is 0. The van der Waals surface area contributed by atoms with Crippen LogP contribution in [-0.2, 0) is 28.6 Å². The average molecular weight is 222 g/mol. The van der Waals surface area contributed by atoms with Gasteiger partial charge in [0.1, 0.15) is 0 Å². The summed E-state index contributed by atoms with van der Waals surface area (Å²) in [5.74, 6) is 0. The monoisotopic (exact) mass is 222 g/mol. The molecule has 0 atom stereocenters. The number of hydrogen-bond acceptors (Lipinski definition) is 6. The SMILES string of the molecule is CCCOC=O.CCOC=O.COC=O. The van der Waals surface area contributed by atoms with Gasteiger partial charge in [0.25, 0.3) is 19.4 Å². The molecule has 0 amide bonds. The highest BCUT2D eigenvalue weighted by Gasteiger charge is 1.71. The molecule has 0 fully saturated rings. The largest absolute Gasteiger partial charge is 0.471 e. The zero-order chi connectivity index (χ0) is 12.4. The molecule has 0 N–H and O–H groups in total. The average Bonchev–Trinajstić information content (AvgIpc) is 2.28. The lowest BCUT2D eigenvalue weighted by atomic mass is 10.5. The summed E-state index contributed by atoms with van der Waals surface area (Å²) >= 11 is 0. The minimum absolute atomic E-state index is 0.375. The third-order valence-electron chi connectivity index (χ3n) is 0.721. The molecule has 6 heteroatoms. The van der Waals surface area contributed by atoms with Crippen LogP contribution in [0.4, 0.5) is 0 Å². The maximum absolute atomic E-state index is 9.34. The predicted octanol–water partition coefficient (Wildman–Crippen LogP) is 0.538. The summed E-state index contributed by atoms with van der Waals surface area (Å²) < 4.78 is 12.3. The lowest BCUT2D eigenvalue weighted by Crippen LogP contribution is -1.86. The van der Waals surface area contributed by atoms with Crippen molar-refractivity contribution in [3.63, 3.8) is 0 Å². The van der Waals surface area contributed by atoms with Gasteiger partial charge in [0.05, 0.1) is 20.3 Å². The van der Waals surface area contributed by atoms with Crippen molar-refractivity contribution in [1.82, 2.24) is 0 Å². The van der Waals surface area contributed by atoms with Gasteiger partial charge in [-0.15, -0.1) is 0 Å². The van der Waals surface area contributed by atoms with Crippen LogP contribution in [-0.4, -0.2) is 39.7 Å². The van der Waals surface area contributed by atoms with Gasteiger partial charge in [0.2, 0.25) is 0 Å². The normalized spacial score (nSPS) is 6.60. The molecule has 0 aromatic heterocycles. The fourth-order valence-corrected chi connectivity index (χ4v) is 0.234. The van der Waals surface area contributed by atoms with E-state index in [0.29, 0.717) is 32.6 Å². The van der Waals surface area contributed by atoms with E-state index in [4.69, 9.17) is 4.79 Å². The minimum Gasteiger partial charge on any atom is -0.471 e. The molecule has 0 saturated heterocycles. The third kappa shape index (κ3) is 69.2. The first-order valence-electron chi connectivity index (χ1n) is 4.31. The molecule has 90 valence electrons. The lowest BCUT2D eigenvalue weighted by molar-refractivity contribution is -0.129. The van der Waals surface area contributed by atoms with Gasteiger partial charge in [0, 0.05) is 0 Å². The van der Waals surface area contributed by atoms with E-state index in [1.54, 1.807) is 6.92 Å². The second-order valence-corrected chi connectivity index (χ2v) is 1.85. The second-order valence-electron chi connectivity index (χ2n) is 1.85. The highest BCUT2D eigenvalue weighted by atomic mass is 16.5. The number of methoxy groups -OCH3 is 1. The van der Waals surface area contributed by atoms with E-state index in [1.807, 2.05) is 6.92 Å². The Balaban J connectivity index is -0.000000147. The maximum Gasteiger partial charge on any atom is 0.293 e. The van der Waals surface area contributed by atoms with Crippen LogP contribution in [0, 0.1) is 0 Å². The minimum atomic E-state index is 0.375. The quantitative estimate of drug-likeness (QED) is 0.370. The standard InChI is InChI=1S/C4H8O2.C3H6O2.C2H4O2/c1-2-3-6-4-5;1-2-5-3-4;1-4-2-3/h4H,2-3H2,1H3;3H,2H2,1H3;2H,1H3. The van der Waals surface area contributed by atoms with Crippen LogP contribution in [0.3, 0.4) is 0 Å². The molecule has 0 radical (unpaired) electrons. The Kier molecular flexibility index (Phi) is 37.4. The van der Waals surface area contributed by atoms with Gasteiger partial charge in [-0.3, -0.25) is 14.4 Å². The molecule has 0 heterocycles. The van der Waals surface area contributed by atoms with E-state index in [0.717, 1.165) is 6.42 Å². The highest BCUT2D eigenvalue weighted by molar-refractivity contribution is 5.37. The van der Waals surface area contributed by atoms with Crippen LogP contribution >= 0.6 is 0 Å². The smallest absolute Gasteiger partial charge is 0.293 e. The van der Waals surface area contributed by atoms with Crippen LogP contribution in [0.25, 0.3) is 0 Å². The van der Waals surface area contributed by atoms with E-state index < -0.39 is 0 Å². The van der Waals surface area contributed by atoms with E-state index >= 15 is 0 Å². The Bertz CT molecular complexity index is 126. The Hall–Kier alpha value is -1.59. The Labute approximate surface area is 89.5 Å². The summed E-state index contributed by atoms with van der Waals surface area (Å²) in [6.45, 7) is 5.99. The first-order valence-corrected chi connectivity index (χ1v) is 4.31. The van der Waals surface area contributed by atoms with Crippen LogP contribution in [0.15, 0.2) is 0 Å². The molecule has 0 aliphatic carbocycles. The molecule has 0 aliphatic heterocycles. The van der Waals surface area contributed by atoms with Crippen molar-refractivity contribution in [2.24, 2.45) is 0 Å². The Morgan fingerprint density at radius 3 is 1.47 bits per heavy atom. The summed E-state index contributed by atoms with van der Waals surface area (Å²) in [6.07, 6.45) is 0.902. The van der Waals surface area contributed by atoms with Crippen molar-refractivity contribution in [2.75, 3.05) is 20.3 Å². The van der Waals surface area contributed by atoms with Gasteiger partial charge in [-0.1, -0.05) is 6.92 Å². The molecule has 0 aromatic carbocycles. The summed E-state index contributed by atoms with van der Waals surface area (Å²) in [5, 5.41) is 0. The number of ether oxygens (including phenoxy) is 3. The summed E-state index contributed by atoms with van der Waals surface area (Å²) in [7, 11) is 1.31. The Morgan fingerprint density at radius 1 is 0.933 bits per heavy atom. The van der Waals surface area contributed by atoms with E-state index in [9.17, 15) is 9.59 Å². The fourth-order valence-electron chi connectivity index (χ4n) is 0.234. The fraction of sp³-hybridized carbons (Fsp3) is 0.667. The van der Waals surface area contributed by atoms with Crippen LogP contribution < -0.4 is 0 Å². The molecule has 0 unspecified atom stereocenters. The van der Waals surface area contributed by atoms with Crippen molar-refractivity contribution in [1.29, 1.82) is 0 Å². The molecule has 0 spiro atoms. The van der Waals surface area contributed by atoms with Crippen LogP contribution in [0.5, 0.6) is 0 Å². The van der Waals surface area contributed by atoms with E-state index in [1.165, 1.54) is 7.11 Å². The van der Waals surface area contributed by atoms with Gasteiger partial charge >= 0.3 is 0 Å². The number of carbonyl (C=O) groups is 3. The number of carbonyl (C=O) groups excluding carboxylic acids is 3. The molecule has 15 heavy (non-hydrogen) atoms. The number of rotatable bonds is 6. The molecule has 0 aliphatic rings. The molecular formula is C9H18O6. The zero-order valence-electron chi connectivity index (χ0n) is 9.30. The van der Waals surface area contributed by atoms with Crippen molar-refractivity contribution >= 4 is 19.4 Å². The highest BCUT2D eigenvalue weighted by Crippen LogP contribution is 1.71. The summed E-state index contributed by atoms with van der Waals surface area (Å²) in [5.41, 5.74) is 0. The van der Waals surface area contributed by atoms with E-state index in [-0.39, 0.29) is 0 Å². The van der Waals surface area contributed by atoms with Crippen LogP contribution in [0.1, 0.15) is 20.3 Å².